The van der Waals surface area contributed by atoms with Crippen LogP contribution in [0.5, 0.6) is 5.75 Å². The Morgan fingerprint density at radius 3 is 2.11 bits per heavy atom. The molecule has 1 N–H and O–H groups in total. The molecular formula is C25H26F6N2O5. The predicted molar refractivity (Wildman–Crippen MR) is 124 cm³/mol. The van der Waals surface area contributed by atoms with E-state index in [9.17, 15) is 35.9 Å². The van der Waals surface area contributed by atoms with Gasteiger partial charge in [0.05, 0.1) is 37.6 Å². The number of nitrogens with zero attached hydrogens (tertiary/aromatic N) is 1. The number of rotatable bonds is 6. The van der Waals surface area contributed by atoms with E-state index in [1.807, 2.05) is 0 Å². The number of amides is 1. The van der Waals surface area contributed by atoms with E-state index in [-0.39, 0.29) is 48.2 Å². The summed E-state index contributed by atoms with van der Waals surface area (Å²) in [6.45, 7) is 3.05. The lowest BCUT2D eigenvalue weighted by Gasteiger charge is -2.39. The summed E-state index contributed by atoms with van der Waals surface area (Å²) in [5.41, 5.74) is -2.35. The molecule has 2 unspecified atom stereocenters. The summed E-state index contributed by atoms with van der Waals surface area (Å²) in [4.78, 5) is 26.4. The van der Waals surface area contributed by atoms with E-state index < -0.39 is 47.6 Å². The van der Waals surface area contributed by atoms with Crippen molar-refractivity contribution in [2.24, 2.45) is 0 Å². The minimum atomic E-state index is -4.97. The SMILES string of the molecule is CCOC(=O)N1c2cc(C(=O)OC)c(OC)cc2C(NCc2cc(C(F)(F)F)cc(C(F)(F)F)c2)CC1C. The molecule has 0 spiro atoms. The van der Waals surface area contributed by atoms with E-state index in [2.05, 4.69) is 5.32 Å². The zero-order chi connectivity index (χ0) is 28.4. The van der Waals surface area contributed by atoms with Crippen LogP contribution in [-0.4, -0.2) is 38.9 Å². The first kappa shape index (κ1) is 29.1. The molecule has 13 heteroatoms. The Labute approximate surface area is 214 Å². The molecule has 0 saturated carbocycles. The average molecular weight is 548 g/mol. The molecule has 1 heterocycles. The maximum absolute atomic E-state index is 13.3. The lowest BCUT2D eigenvalue weighted by atomic mass is 9.90. The number of hydrogen-bond acceptors (Lipinski definition) is 6. The number of esters is 1. The fourth-order valence-corrected chi connectivity index (χ4v) is 4.35. The molecule has 0 aromatic heterocycles. The van der Waals surface area contributed by atoms with Crippen LogP contribution in [0.3, 0.4) is 0 Å². The standard InChI is InChI=1S/C25H26F6N2O5/c1-5-38-23(35)33-13(2)6-19(17-11-21(36-3)18(10-20(17)33)22(34)37-4)32-12-14-7-15(24(26,27)28)9-16(8-14)25(29,30)31/h7-11,13,19,32H,5-6,12H2,1-4H3. The van der Waals surface area contributed by atoms with Crippen LogP contribution in [0.25, 0.3) is 0 Å². The Hall–Kier alpha value is -3.48. The minimum Gasteiger partial charge on any atom is -0.496 e. The van der Waals surface area contributed by atoms with Gasteiger partial charge in [-0.1, -0.05) is 0 Å². The molecular weight excluding hydrogens is 522 g/mol. The molecule has 0 aliphatic carbocycles. The van der Waals surface area contributed by atoms with Gasteiger partial charge in [-0.05, 0) is 61.7 Å². The molecule has 0 fully saturated rings. The van der Waals surface area contributed by atoms with Crippen LogP contribution < -0.4 is 15.0 Å². The molecule has 7 nitrogen and oxygen atoms in total. The molecule has 1 aliphatic rings. The second-order valence-electron chi connectivity index (χ2n) is 8.60. The van der Waals surface area contributed by atoms with Crippen molar-refractivity contribution < 1.29 is 50.1 Å². The van der Waals surface area contributed by atoms with Gasteiger partial charge >= 0.3 is 24.4 Å². The Morgan fingerprint density at radius 1 is 1.00 bits per heavy atom. The Bertz CT molecular complexity index is 1170. The summed E-state index contributed by atoms with van der Waals surface area (Å²) in [5.74, 6) is -0.626. The third-order valence-corrected chi connectivity index (χ3v) is 6.07. The van der Waals surface area contributed by atoms with Gasteiger partial charge in [-0.3, -0.25) is 4.90 Å². The number of methoxy groups -OCH3 is 2. The molecule has 1 aliphatic heterocycles. The first-order chi connectivity index (χ1) is 17.7. The minimum absolute atomic E-state index is 0.0172. The van der Waals surface area contributed by atoms with E-state index in [4.69, 9.17) is 14.2 Å². The van der Waals surface area contributed by atoms with E-state index in [0.717, 1.165) is 0 Å². The highest BCUT2D eigenvalue weighted by Gasteiger charge is 2.38. The average Bonchev–Trinajstić information content (AvgIpc) is 2.84. The number of alkyl halides is 6. The van der Waals surface area contributed by atoms with Crippen molar-refractivity contribution in [1.29, 1.82) is 0 Å². The summed E-state index contributed by atoms with van der Waals surface area (Å²) < 4.78 is 95.0. The second-order valence-corrected chi connectivity index (χ2v) is 8.60. The van der Waals surface area contributed by atoms with E-state index in [1.165, 1.54) is 31.3 Å². The van der Waals surface area contributed by atoms with Gasteiger partial charge in [-0.2, -0.15) is 26.3 Å². The molecule has 3 rings (SSSR count). The number of anilines is 1. The third kappa shape index (κ3) is 6.14. The number of halogens is 6. The maximum Gasteiger partial charge on any atom is 0.416 e. The van der Waals surface area contributed by atoms with Crippen molar-refractivity contribution in [3.05, 3.63) is 58.1 Å². The van der Waals surface area contributed by atoms with Gasteiger partial charge < -0.3 is 19.5 Å². The second kappa shape index (κ2) is 11.1. The van der Waals surface area contributed by atoms with E-state index in [0.29, 0.717) is 17.7 Å². The topological polar surface area (TPSA) is 77.1 Å². The molecule has 1 amide bonds. The quantitative estimate of drug-likeness (QED) is 0.347. The molecule has 0 bridgehead atoms. The van der Waals surface area contributed by atoms with Crippen molar-refractivity contribution in [2.45, 2.75) is 51.2 Å². The van der Waals surface area contributed by atoms with Crippen LogP contribution in [0.4, 0.5) is 36.8 Å². The normalized spacial score (nSPS) is 17.6. The number of nitrogens with one attached hydrogen (secondary N) is 1. The van der Waals surface area contributed by atoms with Gasteiger partial charge in [0.2, 0.25) is 0 Å². The number of hydrogen-bond donors (Lipinski definition) is 1. The summed E-state index contributed by atoms with van der Waals surface area (Å²) in [6, 6.07) is 3.10. The maximum atomic E-state index is 13.3. The van der Waals surface area contributed by atoms with Crippen LogP contribution in [-0.2, 0) is 28.4 Å². The zero-order valence-corrected chi connectivity index (χ0v) is 20.9. The highest BCUT2D eigenvalue weighted by molar-refractivity contribution is 5.97. The monoisotopic (exact) mass is 548 g/mol. The number of ether oxygens (including phenoxy) is 3. The van der Waals surface area contributed by atoms with Crippen molar-refractivity contribution >= 4 is 17.7 Å². The van der Waals surface area contributed by atoms with Crippen LogP contribution in [0.1, 0.15) is 58.9 Å². The van der Waals surface area contributed by atoms with Crippen LogP contribution in [0, 0.1) is 0 Å². The number of benzene rings is 2. The fourth-order valence-electron chi connectivity index (χ4n) is 4.35. The van der Waals surface area contributed by atoms with Gasteiger partial charge in [0.25, 0.3) is 0 Å². The van der Waals surface area contributed by atoms with Crippen molar-refractivity contribution in [3.63, 3.8) is 0 Å². The van der Waals surface area contributed by atoms with Crippen LogP contribution in [0.2, 0.25) is 0 Å². The lowest BCUT2D eigenvalue weighted by molar-refractivity contribution is -0.143. The van der Waals surface area contributed by atoms with Gasteiger partial charge in [0.1, 0.15) is 11.3 Å². The third-order valence-electron chi connectivity index (χ3n) is 6.07. The van der Waals surface area contributed by atoms with E-state index >= 15 is 0 Å². The molecule has 0 saturated heterocycles. The molecule has 38 heavy (non-hydrogen) atoms. The largest absolute Gasteiger partial charge is 0.496 e. The summed E-state index contributed by atoms with van der Waals surface area (Å²) >= 11 is 0. The highest BCUT2D eigenvalue weighted by Crippen LogP contribution is 2.42. The van der Waals surface area contributed by atoms with Crippen molar-refractivity contribution in [3.8, 4) is 5.75 Å². The summed E-state index contributed by atoms with van der Waals surface area (Å²) in [7, 11) is 2.48. The van der Waals surface area contributed by atoms with Crippen molar-refractivity contribution in [1.82, 2.24) is 5.32 Å². The molecule has 208 valence electrons. The Morgan fingerprint density at radius 2 is 1.61 bits per heavy atom. The number of fused-ring (bicyclic) bond motifs is 1. The fraction of sp³-hybridized carbons (Fsp3) is 0.440. The van der Waals surface area contributed by atoms with Gasteiger partial charge in [0.15, 0.2) is 0 Å². The number of carbonyl (C=O) groups excluding carboxylic acids is 2. The Balaban J connectivity index is 2.05. The van der Waals surface area contributed by atoms with Gasteiger partial charge in [-0.25, -0.2) is 9.59 Å². The summed E-state index contributed by atoms with van der Waals surface area (Å²) in [6.07, 6.45) is -10.4. The molecule has 2 aromatic rings. The summed E-state index contributed by atoms with van der Waals surface area (Å²) in [5, 5.41) is 3.00. The highest BCUT2D eigenvalue weighted by atomic mass is 19.4. The molecule has 2 aromatic carbocycles. The van der Waals surface area contributed by atoms with Gasteiger partial charge in [-0.15, -0.1) is 0 Å². The van der Waals surface area contributed by atoms with E-state index in [1.54, 1.807) is 13.8 Å². The first-order valence-corrected chi connectivity index (χ1v) is 11.5. The first-order valence-electron chi connectivity index (χ1n) is 11.5. The number of carbonyl (C=O) groups is 2. The zero-order valence-electron chi connectivity index (χ0n) is 20.9. The smallest absolute Gasteiger partial charge is 0.416 e. The van der Waals surface area contributed by atoms with Crippen LogP contribution >= 0.6 is 0 Å². The lowest BCUT2D eigenvalue weighted by Crippen LogP contribution is -2.46. The molecule has 2 atom stereocenters. The van der Waals surface area contributed by atoms with Gasteiger partial charge in [0, 0.05) is 18.6 Å². The van der Waals surface area contributed by atoms with Crippen LogP contribution in [0.15, 0.2) is 30.3 Å². The molecule has 0 radical (unpaired) electrons. The predicted octanol–water partition coefficient (Wildman–Crippen LogP) is 6.11. The Kier molecular flexibility index (Phi) is 8.49. The van der Waals surface area contributed by atoms with Crippen molar-refractivity contribution in [2.75, 3.05) is 25.7 Å².